The summed E-state index contributed by atoms with van der Waals surface area (Å²) >= 11 is 0. The predicted molar refractivity (Wildman–Crippen MR) is 84.4 cm³/mol. The molecule has 0 saturated heterocycles. The second-order valence-corrected chi connectivity index (χ2v) is 7.32. The van der Waals surface area contributed by atoms with Crippen LogP contribution in [0.3, 0.4) is 0 Å². The molecule has 0 spiro atoms. The van der Waals surface area contributed by atoms with Crippen LogP contribution in [0.2, 0.25) is 0 Å². The summed E-state index contributed by atoms with van der Waals surface area (Å²) < 4.78 is 28.3. The second kappa shape index (κ2) is 7.45. The molecule has 0 aliphatic rings. The molecule has 0 fully saturated rings. The lowest BCUT2D eigenvalue weighted by molar-refractivity contribution is -0.140. The van der Waals surface area contributed by atoms with Gasteiger partial charge < -0.3 is 15.2 Å². The van der Waals surface area contributed by atoms with Gasteiger partial charge in [0.1, 0.15) is 11.8 Å². The lowest BCUT2D eigenvalue weighted by Crippen LogP contribution is -2.45. The van der Waals surface area contributed by atoms with Gasteiger partial charge in [0.15, 0.2) is 9.84 Å². The number of carboxylic acids is 1. The van der Waals surface area contributed by atoms with Crippen LogP contribution in [0.15, 0.2) is 23.1 Å². The van der Waals surface area contributed by atoms with E-state index in [0.29, 0.717) is 6.42 Å². The lowest BCUT2D eigenvalue weighted by atomic mass is 9.99. The van der Waals surface area contributed by atoms with E-state index in [9.17, 15) is 23.1 Å². The third-order valence-corrected chi connectivity index (χ3v) is 4.72. The Morgan fingerprint density at radius 3 is 2.39 bits per heavy atom. The minimum atomic E-state index is -3.50. The fourth-order valence-corrected chi connectivity index (χ4v) is 2.64. The van der Waals surface area contributed by atoms with Crippen LogP contribution in [0, 0.1) is 5.92 Å². The van der Waals surface area contributed by atoms with Gasteiger partial charge >= 0.3 is 5.97 Å². The van der Waals surface area contributed by atoms with Crippen LogP contribution >= 0.6 is 0 Å². The van der Waals surface area contributed by atoms with Crippen molar-refractivity contribution in [2.24, 2.45) is 5.92 Å². The lowest BCUT2D eigenvalue weighted by Gasteiger charge is -2.21. The molecule has 1 amide bonds. The molecule has 0 heterocycles. The third kappa shape index (κ3) is 4.69. The summed E-state index contributed by atoms with van der Waals surface area (Å²) in [5.41, 5.74) is -0.0232. The van der Waals surface area contributed by atoms with E-state index in [-0.39, 0.29) is 22.1 Å². The van der Waals surface area contributed by atoms with Crippen molar-refractivity contribution in [3.05, 3.63) is 23.8 Å². The number of carboxylic acid groups (broad SMARTS) is 1. The molecule has 0 aliphatic carbocycles. The van der Waals surface area contributed by atoms with Gasteiger partial charge in [0, 0.05) is 6.26 Å². The van der Waals surface area contributed by atoms with Gasteiger partial charge in [-0.2, -0.15) is 0 Å². The zero-order chi connectivity index (χ0) is 17.8. The molecule has 7 nitrogen and oxygen atoms in total. The van der Waals surface area contributed by atoms with Crippen LogP contribution < -0.4 is 10.1 Å². The zero-order valence-electron chi connectivity index (χ0n) is 13.5. The molecule has 0 unspecified atom stereocenters. The number of sulfone groups is 1. The Hall–Kier alpha value is -2.09. The maximum atomic E-state index is 12.4. The van der Waals surface area contributed by atoms with Gasteiger partial charge in [0.05, 0.1) is 17.6 Å². The van der Waals surface area contributed by atoms with E-state index in [1.54, 1.807) is 6.92 Å². The molecule has 1 aromatic carbocycles. The SMILES string of the molecule is CC[C@H](C)[C@H](NC(=O)c1cc(S(C)(=O)=O)ccc1OC)C(=O)O. The molecule has 1 rings (SSSR count). The number of carbonyl (C=O) groups is 2. The minimum absolute atomic E-state index is 0.0232. The first-order valence-corrected chi connectivity index (χ1v) is 8.92. The highest BCUT2D eigenvalue weighted by atomic mass is 32.2. The standard InChI is InChI=1S/C15H21NO6S/c1-5-9(2)13(15(18)19)16-14(17)11-8-10(23(4,20)21)6-7-12(11)22-3/h6-9,13H,5H2,1-4H3,(H,16,17)(H,18,19)/t9-,13-/m0/s1. The highest BCUT2D eigenvalue weighted by Crippen LogP contribution is 2.23. The molecule has 1 aromatic rings. The molecular weight excluding hydrogens is 322 g/mol. The topological polar surface area (TPSA) is 110 Å². The summed E-state index contributed by atoms with van der Waals surface area (Å²) in [6, 6.07) is 2.80. The number of nitrogens with one attached hydrogen (secondary N) is 1. The molecule has 0 aromatic heterocycles. The van der Waals surface area contributed by atoms with Crippen molar-refractivity contribution in [2.45, 2.75) is 31.2 Å². The largest absolute Gasteiger partial charge is 0.496 e. The summed E-state index contributed by atoms with van der Waals surface area (Å²) in [5.74, 6) is -1.95. The molecule has 8 heteroatoms. The third-order valence-electron chi connectivity index (χ3n) is 3.61. The van der Waals surface area contributed by atoms with Gasteiger partial charge in [0.25, 0.3) is 5.91 Å². The average molecular weight is 343 g/mol. The van der Waals surface area contributed by atoms with Crippen molar-refractivity contribution in [3.8, 4) is 5.75 Å². The molecular formula is C15H21NO6S. The fraction of sp³-hybridized carbons (Fsp3) is 0.467. The average Bonchev–Trinajstić information content (AvgIpc) is 2.49. The number of amides is 1. The van der Waals surface area contributed by atoms with Crippen molar-refractivity contribution < 1.29 is 27.9 Å². The minimum Gasteiger partial charge on any atom is -0.496 e. The van der Waals surface area contributed by atoms with Crippen molar-refractivity contribution in [3.63, 3.8) is 0 Å². The summed E-state index contributed by atoms with van der Waals surface area (Å²) in [6.45, 7) is 3.53. The van der Waals surface area contributed by atoms with E-state index in [1.807, 2.05) is 6.92 Å². The first-order chi connectivity index (χ1) is 10.6. The smallest absolute Gasteiger partial charge is 0.326 e. The van der Waals surface area contributed by atoms with E-state index in [4.69, 9.17) is 4.74 Å². The van der Waals surface area contributed by atoms with E-state index in [0.717, 1.165) is 6.26 Å². The van der Waals surface area contributed by atoms with Crippen LogP contribution in [0.5, 0.6) is 5.75 Å². The van der Waals surface area contributed by atoms with Gasteiger partial charge in [-0.15, -0.1) is 0 Å². The number of rotatable bonds is 7. The number of carbonyl (C=O) groups excluding carboxylic acids is 1. The number of aliphatic carboxylic acids is 1. The van der Waals surface area contributed by atoms with E-state index in [1.165, 1.54) is 25.3 Å². The Morgan fingerprint density at radius 1 is 1.35 bits per heavy atom. The quantitative estimate of drug-likeness (QED) is 0.773. The molecule has 0 bridgehead atoms. The second-order valence-electron chi connectivity index (χ2n) is 5.31. The summed E-state index contributed by atoms with van der Waals surface area (Å²) in [7, 11) is -2.16. The molecule has 2 atom stereocenters. The normalized spacial score (nSPS) is 13.9. The number of methoxy groups -OCH3 is 1. The van der Waals surface area contributed by atoms with Crippen molar-refractivity contribution >= 4 is 21.7 Å². The number of benzene rings is 1. The Morgan fingerprint density at radius 2 is 1.96 bits per heavy atom. The van der Waals surface area contributed by atoms with Crippen molar-refractivity contribution in [1.29, 1.82) is 0 Å². The number of ether oxygens (including phenoxy) is 1. The van der Waals surface area contributed by atoms with Gasteiger partial charge in [-0.05, 0) is 24.1 Å². The van der Waals surface area contributed by atoms with Crippen LogP contribution in [0.4, 0.5) is 0 Å². The molecule has 2 N–H and O–H groups in total. The molecule has 23 heavy (non-hydrogen) atoms. The first kappa shape index (κ1) is 19.0. The maximum absolute atomic E-state index is 12.4. The number of hydrogen-bond donors (Lipinski definition) is 2. The van der Waals surface area contributed by atoms with Crippen LogP contribution in [-0.4, -0.2) is 44.8 Å². The maximum Gasteiger partial charge on any atom is 0.326 e. The highest BCUT2D eigenvalue weighted by molar-refractivity contribution is 7.90. The van der Waals surface area contributed by atoms with Crippen LogP contribution in [0.1, 0.15) is 30.6 Å². The monoisotopic (exact) mass is 343 g/mol. The van der Waals surface area contributed by atoms with Crippen molar-refractivity contribution in [1.82, 2.24) is 5.32 Å². The van der Waals surface area contributed by atoms with Gasteiger partial charge in [-0.1, -0.05) is 20.3 Å². The molecule has 0 aliphatic heterocycles. The van der Waals surface area contributed by atoms with E-state index in [2.05, 4.69) is 5.32 Å². The zero-order valence-corrected chi connectivity index (χ0v) is 14.3. The Bertz CT molecular complexity index is 698. The Labute approximate surface area is 135 Å². The van der Waals surface area contributed by atoms with Gasteiger partial charge in [-0.25, -0.2) is 13.2 Å². The van der Waals surface area contributed by atoms with Crippen molar-refractivity contribution in [2.75, 3.05) is 13.4 Å². The van der Waals surface area contributed by atoms with E-state index >= 15 is 0 Å². The first-order valence-electron chi connectivity index (χ1n) is 7.03. The predicted octanol–water partition coefficient (Wildman–Crippen LogP) is 1.33. The van der Waals surface area contributed by atoms with E-state index < -0.39 is 27.8 Å². The Balaban J connectivity index is 3.22. The van der Waals surface area contributed by atoms with Crippen LogP contribution in [0.25, 0.3) is 0 Å². The highest BCUT2D eigenvalue weighted by Gasteiger charge is 2.27. The summed E-state index contributed by atoms with van der Waals surface area (Å²) in [5, 5.41) is 11.7. The summed E-state index contributed by atoms with van der Waals surface area (Å²) in [6.07, 6.45) is 1.59. The van der Waals surface area contributed by atoms with Crippen LogP contribution in [-0.2, 0) is 14.6 Å². The molecule has 0 radical (unpaired) electrons. The number of hydrogen-bond acceptors (Lipinski definition) is 5. The molecule has 0 saturated carbocycles. The fourth-order valence-electron chi connectivity index (χ4n) is 2.00. The summed E-state index contributed by atoms with van der Waals surface area (Å²) in [4.78, 5) is 23.7. The van der Waals surface area contributed by atoms with Gasteiger partial charge in [-0.3, -0.25) is 4.79 Å². The van der Waals surface area contributed by atoms with Gasteiger partial charge in [0.2, 0.25) is 0 Å². The molecule has 128 valence electrons. The Kier molecular flexibility index (Phi) is 6.14.